The van der Waals surface area contributed by atoms with Crippen molar-refractivity contribution in [2.45, 2.75) is 0 Å². The molecule has 0 aliphatic heterocycles. The van der Waals surface area contributed by atoms with Gasteiger partial charge in [-0.25, -0.2) is 0 Å². The van der Waals surface area contributed by atoms with E-state index in [1.165, 1.54) is 0 Å². The standard InChI is InChI=1S/Al.Cu.H2O.Zn.2H/h;;1H2;;;. The van der Waals surface area contributed by atoms with Gasteiger partial charge in [-0.05, 0) is 0 Å². The molecule has 0 fully saturated rings. The third-order valence-electron chi connectivity index (χ3n) is 0. The fourth-order valence-corrected chi connectivity index (χ4v) is 0. The smallest absolute Gasteiger partial charge is 0.146 e. The Morgan fingerprint density at radius 2 is 1.00 bits per heavy atom. The van der Waals surface area contributed by atoms with Crippen LogP contribution in [0.2, 0.25) is 0 Å². The number of hydrogen-bond acceptors (Lipinski definition) is 0. The molecular formula is H4AlCuOZn. The van der Waals surface area contributed by atoms with E-state index in [4.69, 9.17) is 0 Å². The minimum atomic E-state index is 0. The van der Waals surface area contributed by atoms with Crippen molar-refractivity contribution in [3.05, 3.63) is 0 Å². The Kier molecular flexibility index (Phi) is 259. The van der Waals surface area contributed by atoms with Gasteiger partial charge in [0.05, 0.1) is 0 Å². The van der Waals surface area contributed by atoms with Gasteiger partial charge in [-0.2, -0.15) is 0 Å². The van der Waals surface area contributed by atoms with Crippen molar-refractivity contribution in [2.24, 2.45) is 0 Å². The molecule has 4 heavy (non-hydrogen) atoms. The van der Waals surface area contributed by atoms with Crippen molar-refractivity contribution < 1.29 is 42.0 Å². The average molecular weight is 176 g/mol. The number of hydrogen-bond donors (Lipinski definition) is 0. The normalized spacial score (nSPS) is 0. The molecule has 0 atom stereocenters. The molecule has 2 N–H and O–H groups in total. The molecule has 0 saturated heterocycles. The van der Waals surface area contributed by atoms with Gasteiger partial charge >= 0.3 is 0 Å². The second-order valence-electron chi connectivity index (χ2n) is 0. The van der Waals surface area contributed by atoms with Crippen LogP contribution >= 0.6 is 0 Å². The minimum absolute atomic E-state index is 0. The maximum Gasteiger partial charge on any atom is 0.146 e. The summed E-state index contributed by atoms with van der Waals surface area (Å²) in [5, 5.41) is 0. The second-order valence-corrected chi connectivity index (χ2v) is 0. The molecule has 1 nitrogen and oxygen atoms in total. The summed E-state index contributed by atoms with van der Waals surface area (Å²) in [6, 6.07) is 0. The van der Waals surface area contributed by atoms with Gasteiger partial charge in [0, 0.05) is 36.5 Å². The first-order valence-corrected chi connectivity index (χ1v) is 0. The summed E-state index contributed by atoms with van der Waals surface area (Å²) in [5.74, 6) is 0. The third kappa shape index (κ3) is 9.44. The van der Waals surface area contributed by atoms with Gasteiger partial charge in [-0.15, -0.1) is 0 Å². The van der Waals surface area contributed by atoms with Gasteiger partial charge < -0.3 is 5.48 Å². The molecule has 0 rings (SSSR count). The molecule has 0 unspecified atom stereocenters. The summed E-state index contributed by atoms with van der Waals surface area (Å²) in [5.41, 5.74) is 0. The average Bonchev–Trinajstić information content (AvgIpc) is 0. The quantitative estimate of drug-likeness (QED) is 0.392. The van der Waals surface area contributed by atoms with Crippen LogP contribution in [0.25, 0.3) is 0 Å². The van der Waals surface area contributed by atoms with Crippen LogP contribution in [0.5, 0.6) is 0 Å². The van der Waals surface area contributed by atoms with Crippen molar-refractivity contribution in [1.29, 1.82) is 0 Å². The molecule has 2 radical (unpaired) electrons. The molecule has 0 aromatic carbocycles. The van der Waals surface area contributed by atoms with Crippen molar-refractivity contribution in [3.8, 4) is 0 Å². The molecule has 0 aromatic heterocycles. The second kappa shape index (κ2) is 22.9. The molecule has 0 bridgehead atoms. The van der Waals surface area contributed by atoms with E-state index in [-0.39, 0.29) is 59.4 Å². The van der Waals surface area contributed by atoms with Crippen LogP contribution in [0.4, 0.5) is 0 Å². The molecule has 4 heteroatoms. The Morgan fingerprint density at radius 1 is 1.00 bits per heavy atom. The first-order valence-electron chi connectivity index (χ1n) is 0. The first-order chi connectivity index (χ1) is 0. The molecule has 26 valence electrons. The summed E-state index contributed by atoms with van der Waals surface area (Å²) in [7, 11) is 0. The molecule has 0 saturated carbocycles. The van der Waals surface area contributed by atoms with E-state index in [0.29, 0.717) is 0 Å². The zero-order valence-electron chi connectivity index (χ0n) is 2.51. The molecule has 0 heterocycles. The van der Waals surface area contributed by atoms with Gasteiger partial charge in [-0.3, -0.25) is 0 Å². The van der Waals surface area contributed by atoms with Crippen molar-refractivity contribution in [1.82, 2.24) is 0 Å². The van der Waals surface area contributed by atoms with Gasteiger partial charge in [-0.1, -0.05) is 0 Å². The van der Waals surface area contributed by atoms with Gasteiger partial charge in [0.15, 0.2) is 0 Å². The van der Waals surface area contributed by atoms with Gasteiger partial charge in [0.25, 0.3) is 0 Å². The Bertz CT molecular complexity index is 8.00. The molecule has 0 amide bonds. The molecule has 0 spiro atoms. The fourth-order valence-electron chi connectivity index (χ4n) is 0. The Labute approximate surface area is 59.2 Å². The largest absolute Gasteiger partial charge is 0.412 e. The van der Waals surface area contributed by atoms with Crippen molar-refractivity contribution in [3.63, 3.8) is 0 Å². The van der Waals surface area contributed by atoms with Crippen LogP contribution in [-0.2, 0) is 36.5 Å². The Morgan fingerprint density at radius 3 is 1.00 bits per heavy atom. The third-order valence-corrected chi connectivity index (χ3v) is 0. The zero-order chi connectivity index (χ0) is 0. The van der Waals surface area contributed by atoms with Crippen molar-refractivity contribution >= 4 is 17.4 Å². The topological polar surface area (TPSA) is 31.5 Å². The van der Waals surface area contributed by atoms with E-state index in [1.54, 1.807) is 0 Å². The van der Waals surface area contributed by atoms with Crippen LogP contribution in [0.3, 0.4) is 0 Å². The SMILES string of the molecule is O.[AlH2].[Cu].[Zn]. The van der Waals surface area contributed by atoms with E-state index in [2.05, 4.69) is 0 Å². The molecule has 0 aliphatic rings. The van der Waals surface area contributed by atoms with E-state index in [9.17, 15) is 0 Å². The summed E-state index contributed by atoms with van der Waals surface area (Å²) in [6.45, 7) is 0. The van der Waals surface area contributed by atoms with Crippen LogP contribution in [0.15, 0.2) is 0 Å². The minimum Gasteiger partial charge on any atom is -0.412 e. The summed E-state index contributed by atoms with van der Waals surface area (Å²) >= 11 is 0. The van der Waals surface area contributed by atoms with E-state index in [1.807, 2.05) is 0 Å². The Hall–Kier alpha value is 1.64. The Balaban J connectivity index is 0. The monoisotopic (exact) mass is 174 g/mol. The van der Waals surface area contributed by atoms with Crippen LogP contribution < -0.4 is 0 Å². The molecule has 0 aromatic rings. The summed E-state index contributed by atoms with van der Waals surface area (Å²) in [4.78, 5) is 0. The predicted molar refractivity (Wildman–Crippen MR) is 12.2 cm³/mol. The molecular weight excluding hydrogens is 172 g/mol. The van der Waals surface area contributed by atoms with Crippen molar-refractivity contribution in [2.75, 3.05) is 0 Å². The van der Waals surface area contributed by atoms with E-state index in [0.717, 1.165) is 0 Å². The van der Waals surface area contributed by atoms with E-state index < -0.39 is 0 Å². The maximum absolute atomic E-state index is 0. The fraction of sp³-hybridized carbons (Fsp3) is 0. The summed E-state index contributed by atoms with van der Waals surface area (Å²) in [6.07, 6.45) is 0. The number of rotatable bonds is 0. The van der Waals surface area contributed by atoms with Gasteiger partial charge in [0.2, 0.25) is 0 Å². The van der Waals surface area contributed by atoms with Crippen LogP contribution in [0.1, 0.15) is 0 Å². The molecule has 0 aliphatic carbocycles. The predicted octanol–water partition coefficient (Wildman–Crippen LogP) is -1.75. The first kappa shape index (κ1) is 45.3. The zero-order valence-corrected chi connectivity index (χ0v) is 8.42. The van der Waals surface area contributed by atoms with E-state index >= 15 is 0 Å². The summed E-state index contributed by atoms with van der Waals surface area (Å²) < 4.78 is 0. The van der Waals surface area contributed by atoms with Gasteiger partial charge in [0.1, 0.15) is 17.4 Å². The van der Waals surface area contributed by atoms with Crippen LogP contribution in [0, 0.1) is 0 Å². The van der Waals surface area contributed by atoms with Crippen LogP contribution in [-0.4, -0.2) is 22.8 Å². The maximum atomic E-state index is 0.